The Bertz CT molecular complexity index is 623. The number of rotatable bonds is 1. The number of anilines is 1. The first kappa shape index (κ1) is 15.0. The molecule has 0 bridgehead atoms. The predicted molar refractivity (Wildman–Crippen MR) is 83.6 cm³/mol. The van der Waals surface area contributed by atoms with Crippen molar-refractivity contribution in [3.63, 3.8) is 0 Å². The predicted octanol–water partition coefficient (Wildman–Crippen LogP) is 4.20. The molecule has 2 unspecified atom stereocenters. The van der Waals surface area contributed by atoms with Crippen molar-refractivity contribution in [2.45, 2.75) is 35.0 Å². The number of hydrogen-bond donors (Lipinski definition) is 0. The number of halogens is 3. The van der Waals surface area contributed by atoms with Crippen LogP contribution in [0.15, 0.2) is 24.3 Å². The fourth-order valence-corrected chi connectivity index (χ4v) is 4.83. The molecule has 6 heteroatoms. The molecule has 21 heavy (non-hydrogen) atoms. The first-order valence-corrected chi connectivity index (χ1v) is 7.96. The summed E-state index contributed by atoms with van der Waals surface area (Å²) in [6, 6.07) is 8.66. The summed E-state index contributed by atoms with van der Waals surface area (Å²) in [5, 5.41) is 8.85. The van der Waals surface area contributed by atoms with Crippen LogP contribution in [0.4, 0.5) is 5.69 Å². The third-order valence-electron chi connectivity index (χ3n) is 4.37. The summed E-state index contributed by atoms with van der Waals surface area (Å²) in [5.74, 6) is -0.546. The van der Waals surface area contributed by atoms with Crippen molar-refractivity contribution in [2.24, 2.45) is 5.92 Å². The van der Waals surface area contributed by atoms with Crippen LogP contribution in [0, 0.1) is 17.2 Å². The molecule has 110 valence electrons. The van der Waals surface area contributed by atoms with Gasteiger partial charge in [0, 0.05) is 11.6 Å². The van der Waals surface area contributed by atoms with Crippen molar-refractivity contribution >= 4 is 46.4 Å². The lowest BCUT2D eigenvalue weighted by Crippen LogP contribution is -2.40. The van der Waals surface area contributed by atoms with Gasteiger partial charge in [0.25, 0.3) is 5.91 Å². The molecule has 3 nitrogen and oxygen atoms in total. The first-order valence-electron chi connectivity index (χ1n) is 6.83. The number of carbonyl (C=O) groups excluding carboxylic acids is 1. The van der Waals surface area contributed by atoms with Crippen molar-refractivity contribution in [3.8, 4) is 6.07 Å². The van der Waals surface area contributed by atoms with E-state index in [4.69, 9.17) is 40.1 Å². The van der Waals surface area contributed by atoms with Crippen LogP contribution < -0.4 is 4.90 Å². The lowest BCUT2D eigenvalue weighted by Gasteiger charge is -2.34. The lowest BCUT2D eigenvalue weighted by molar-refractivity contribution is -0.120. The largest absolute Gasteiger partial charge is 0.278 e. The van der Waals surface area contributed by atoms with Crippen LogP contribution in [0.3, 0.4) is 0 Å². The van der Waals surface area contributed by atoms with Gasteiger partial charge in [-0.15, -0.1) is 11.6 Å². The number of carbonyl (C=O) groups is 1. The molecule has 1 amide bonds. The van der Waals surface area contributed by atoms with Gasteiger partial charge in [0.1, 0.15) is 4.87 Å². The van der Waals surface area contributed by atoms with Crippen LogP contribution in [0.25, 0.3) is 0 Å². The van der Waals surface area contributed by atoms with Crippen molar-refractivity contribution < 1.29 is 4.79 Å². The molecule has 3 rings (SSSR count). The highest BCUT2D eigenvalue weighted by molar-refractivity contribution is 6.55. The molecule has 1 heterocycles. The minimum absolute atomic E-state index is 0.247. The molecule has 1 saturated carbocycles. The molecule has 1 aromatic carbocycles. The monoisotopic (exact) mass is 342 g/mol. The topological polar surface area (TPSA) is 44.1 Å². The molecule has 1 aliphatic carbocycles. The maximum atomic E-state index is 12.8. The molecular formula is C15H13Cl3N2O. The zero-order chi connectivity index (χ0) is 15.3. The Morgan fingerprint density at radius 2 is 1.86 bits per heavy atom. The molecule has 2 fully saturated rings. The van der Waals surface area contributed by atoms with Gasteiger partial charge in [0.05, 0.1) is 11.6 Å². The summed E-state index contributed by atoms with van der Waals surface area (Å²) >= 11 is 19.6. The molecule has 0 aromatic heterocycles. The van der Waals surface area contributed by atoms with Crippen molar-refractivity contribution in [2.75, 3.05) is 4.90 Å². The van der Waals surface area contributed by atoms with Crippen LogP contribution in [0.2, 0.25) is 0 Å². The second-order valence-corrected chi connectivity index (χ2v) is 7.57. The second-order valence-electron chi connectivity index (χ2n) is 5.55. The minimum Gasteiger partial charge on any atom is -0.278 e. The summed E-state index contributed by atoms with van der Waals surface area (Å²) in [4.78, 5) is 13.1. The molecule has 0 spiro atoms. The summed E-state index contributed by atoms with van der Waals surface area (Å²) < 4.78 is -1.35. The van der Waals surface area contributed by atoms with Crippen LogP contribution in [0.5, 0.6) is 0 Å². The fourth-order valence-electron chi connectivity index (χ4n) is 3.29. The highest BCUT2D eigenvalue weighted by atomic mass is 35.5. The zero-order valence-electron chi connectivity index (χ0n) is 11.2. The molecular weight excluding hydrogens is 331 g/mol. The van der Waals surface area contributed by atoms with E-state index in [9.17, 15) is 4.79 Å². The van der Waals surface area contributed by atoms with E-state index in [1.165, 1.54) is 4.90 Å². The van der Waals surface area contributed by atoms with Crippen molar-refractivity contribution in [3.05, 3.63) is 29.8 Å². The molecule has 1 saturated heterocycles. The van der Waals surface area contributed by atoms with Gasteiger partial charge in [-0.3, -0.25) is 9.69 Å². The van der Waals surface area contributed by atoms with Gasteiger partial charge in [-0.05, 0) is 37.1 Å². The van der Waals surface area contributed by atoms with Gasteiger partial charge in [-0.1, -0.05) is 36.0 Å². The maximum Gasteiger partial charge on any atom is 0.251 e. The lowest BCUT2D eigenvalue weighted by atomic mass is 9.80. The Hall–Kier alpha value is -0.950. The molecule has 0 N–H and O–H groups in total. The Labute approximate surface area is 138 Å². The van der Waals surface area contributed by atoms with Gasteiger partial charge in [-0.2, -0.15) is 5.26 Å². The van der Waals surface area contributed by atoms with E-state index >= 15 is 0 Å². The van der Waals surface area contributed by atoms with Gasteiger partial charge in [0.15, 0.2) is 0 Å². The summed E-state index contributed by atoms with van der Waals surface area (Å²) in [5.41, 5.74) is 1.08. The average Bonchev–Trinajstić information content (AvgIpc) is 2.63. The Kier molecular flexibility index (Phi) is 3.60. The van der Waals surface area contributed by atoms with E-state index in [1.54, 1.807) is 24.3 Å². The Morgan fingerprint density at radius 3 is 2.43 bits per heavy atom. The SMILES string of the molecule is N#Cc1ccc(N2C(=O)C3(Cl)CCCCC3C2(Cl)Cl)cc1. The van der Waals surface area contributed by atoms with Crippen LogP contribution in [0.1, 0.15) is 31.2 Å². The summed E-state index contributed by atoms with van der Waals surface area (Å²) in [7, 11) is 0. The van der Waals surface area contributed by atoms with E-state index in [0.29, 0.717) is 17.7 Å². The number of alkyl halides is 3. The minimum atomic E-state index is -1.35. The normalized spacial score (nSPS) is 30.9. The number of hydrogen-bond acceptors (Lipinski definition) is 2. The smallest absolute Gasteiger partial charge is 0.251 e. The van der Waals surface area contributed by atoms with E-state index in [2.05, 4.69) is 0 Å². The Morgan fingerprint density at radius 1 is 1.19 bits per heavy atom. The van der Waals surface area contributed by atoms with Crippen molar-refractivity contribution in [1.82, 2.24) is 0 Å². The van der Waals surface area contributed by atoms with Crippen LogP contribution >= 0.6 is 34.8 Å². The van der Waals surface area contributed by atoms with Crippen molar-refractivity contribution in [1.29, 1.82) is 5.26 Å². The number of fused-ring (bicyclic) bond motifs is 1. The fraction of sp³-hybridized carbons (Fsp3) is 0.467. The highest BCUT2D eigenvalue weighted by Crippen LogP contribution is 2.58. The van der Waals surface area contributed by atoms with E-state index in [0.717, 1.165) is 19.3 Å². The average molecular weight is 344 g/mol. The van der Waals surface area contributed by atoms with Gasteiger partial charge < -0.3 is 0 Å². The summed E-state index contributed by atoms with van der Waals surface area (Å²) in [6.07, 6.45) is 3.19. The van der Waals surface area contributed by atoms with E-state index < -0.39 is 9.33 Å². The molecule has 1 aromatic rings. The second kappa shape index (κ2) is 5.05. The zero-order valence-corrected chi connectivity index (χ0v) is 13.4. The molecule has 0 radical (unpaired) electrons. The number of benzene rings is 1. The van der Waals surface area contributed by atoms with Crippen LogP contribution in [-0.2, 0) is 4.79 Å². The van der Waals surface area contributed by atoms with Gasteiger partial charge in [0.2, 0.25) is 4.46 Å². The number of nitriles is 1. The first-order chi connectivity index (χ1) is 9.91. The quantitative estimate of drug-likeness (QED) is 0.566. The van der Waals surface area contributed by atoms with E-state index in [1.807, 2.05) is 6.07 Å². The molecule has 2 atom stereocenters. The number of nitrogens with zero attached hydrogens (tertiary/aromatic N) is 2. The van der Waals surface area contributed by atoms with E-state index in [-0.39, 0.29) is 11.8 Å². The van der Waals surface area contributed by atoms with Gasteiger partial charge in [-0.25, -0.2) is 0 Å². The maximum absolute atomic E-state index is 12.8. The standard InChI is InChI=1S/C15H13Cl3N2O/c16-14-8-2-1-3-12(14)15(17,18)20(13(14)21)11-6-4-10(9-19)5-7-11/h4-7,12H,1-3,8H2. The summed E-state index contributed by atoms with van der Waals surface area (Å²) in [6.45, 7) is 0. The Balaban J connectivity index is 2.05. The highest BCUT2D eigenvalue weighted by Gasteiger charge is 2.66. The van der Waals surface area contributed by atoms with Crippen LogP contribution in [-0.4, -0.2) is 15.2 Å². The third-order valence-corrected chi connectivity index (χ3v) is 5.85. The third kappa shape index (κ3) is 2.12. The molecule has 1 aliphatic heterocycles. The molecule has 2 aliphatic rings. The number of amides is 1. The van der Waals surface area contributed by atoms with Gasteiger partial charge >= 0.3 is 0 Å².